The number of aromatic nitrogens is 1. The van der Waals surface area contributed by atoms with Crippen molar-refractivity contribution in [1.82, 2.24) is 9.88 Å². The third-order valence-corrected chi connectivity index (χ3v) is 4.27. The summed E-state index contributed by atoms with van der Waals surface area (Å²) in [7, 11) is 1.71. The van der Waals surface area contributed by atoms with Crippen LogP contribution < -0.4 is 0 Å². The van der Waals surface area contributed by atoms with E-state index in [1.165, 1.54) is 0 Å². The first kappa shape index (κ1) is 13.5. The molecule has 5 heteroatoms. The van der Waals surface area contributed by atoms with Crippen LogP contribution in [0.5, 0.6) is 0 Å². The van der Waals surface area contributed by atoms with E-state index in [4.69, 9.17) is 9.47 Å². The third-order valence-electron chi connectivity index (χ3n) is 4.27. The Balaban J connectivity index is 1.68. The van der Waals surface area contributed by atoms with Crippen LogP contribution in [0.15, 0.2) is 18.3 Å². The molecular weight excluding hydrogens is 256 g/mol. The van der Waals surface area contributed by atoms with Crippen molar-refractivity contribution >= 4 is 5.91 Å². The first-order valence-electron chi connectivity index (χ1n) is 7.01. The molecule has 1 aromatic heterocycles. The van der Waals surface area contributed by atoms with Crippen molar-refractivity contribution in [1.29, 1.82) is 0 Å². The number of hydrogen-bond donors (Lipinski definition) is 0. The highest BCUT2D eigenvalue weighted by Crippen LogP contribution is 2.36. The average molecular weight is 276 g/mol. The predicted molar refractivity (Wildman–Crippen MR) is 73.6 cm³/mol. The molecule has 2 aliphatic rings. The minimum Gasteiger partial charge on any atom is -0.379 e. The van der Waals surface area contributed by atoms with Crippen LogP contribution in [-0.2, 0) is 9.47 Å². The lowest BCUT2D eigenvalue weighted by Gasteiger charge is -2.23. The standard InChI is InChI=1S/C15H20N2O3/c1-11-3-4-12(8-16-11)14(18)17-6-5-15(10-17)7-13(19-2)9-20-15/h3-4,8,13H,5-7,9-10H2,1-2H3/t13-,15-/m0/s1. The summed E-state index contributed by atoms with van der Waals surface area (Å²) in [5, 5.41) is 0. The minimum absolute atomic E-state index is 0.0406. The Morgan fingerprint density at radius 1 is 1.55 bits per heavy atom. The Morgan fingerprint density at radius 2 is 2.40 bits per heavy atom. The Hall–Kier alpha value is -1.46. The summed E-state index contributed by atoms with van der Waals surface area (Å²) in [6.45, 7) is 3.93. The number of likely N-dealkylation sites (tertiary alicyclic amines) is 1. The van der Waals surface area contributed by atoms with Gasteiger partial charge in [0.05, 0.1) is 30.4 Å². The molecule has 0 unspecified atom stereocenters. The van der Waals surface area contributed by atoms with E-state index < -0.39 is 0 Å². The maximum atomic E-state index is 12.4. The number of carbonyl (C=O) groups excluding carboxylic acids is 1. The summed E-state index contributed by atoms with van der Waals surface area (Å²) in [4.78, 5) is 18.5. The van der Waals surface area contributed by atoms with Gasteiger partial charge < -0.3 is 14.4 Å². The number of pyridine rings is 1. The van der Waals surface area contributed by atoms with Crippen molar-refractivity contribution in [2.75, 3.05) is 26.8 Å². The van der Waals surface area contributed by atoms with Crippen LogP contribution in [0.25, 0.3) is 0 Å². The Labute approximate surface area is 118 Å². The van der Waals surface area contributed by atoms with Gasteiger partial charge in [-0.1, -0.05) is 0 Å². The van der Waals surface area contributed by atoms with Crippen molar-refractivity contribution in [2.45, 2.75) is 31.5 Å². The highest BCUT2D eigenvalue weighted by atomic mass is 16.6. The molecule has 108 valence electrons. The lowest BCUT2D eigenvalue weighted by atomic mass is 9.98. The van der Waals surface area contributed by atoms with Gasteiger partial charge in [0.25, 0.3) is 5.91 Å². The molecule has 2 atom stereocenters. The largest absolute Gasteiger partial charge is 0.379 e. The number of amides is 1. The number of carbonyl (C=O) groups is 1. The van der Waals surface area contributed by atoms with Crippen LogP contribution in [0.4, 0.5) is 0 Å². The molecule has 2 fully saturated rings. The summed E-state index contributed by atoms with van der Waals surface area (Å²) in [6, 6.07) is 3.70. The first-order valence-corrected chi connectivity index (χ1v) is 7.01. The van der Waals surface area contributed by atoms with E-state index in [9.17, 15) is 4.79 Å². The van der Waals surface area contributed by atoms with Crippen LogP contribution in [-0.4, -0.2) is 54.3 Å². The molecule has 5 nitrogen and oxygen atoms in total. The SMILES string of the molecule is CO[C@@H]1CO[C@@]2(CCN(C(=O)c3ccc(C)nc3)C2)C1. The van der Waals surface area contributed by atoms with Gasteiger partial charge in [0.1, 0.15) is 0 Å². The summed E-state index contributed by atoms with van der Waals surface area (Å²) < 4.78 is 11.3. The van der Waals surface area contributed by atoms with Crippen molar-refractivity contribution < 1.29 is 14.3 Å². The molecule has 2 saturated heterocycles. The van der Waals surface area contributed by atoms with Gasteiger partial charge in [-0.25, -0.2) is 0 Å². The summed E-state index contributed by atoms with van der Waals surface area (Å²) >= 11 is 0. The zero-order chi connectivity index (χ0) is 14.2. The topological polar surface area (TPSA) is 51.7 Å². The average Bonchev–Trinajstić information content (AvgIpc) is 3.07. The number of hydrogen-bond acceptors (Lipinski definition) is 4. The number of nitrogens with zero attached hydrogens (tertiary/aromatic N) is 2. The van der Waals surface area contributed by atoms with Gasteiger partial charge in [-0.2, -0.15) is 0 Å². The highest BCUT2D eigenvalue weighted by molar-refractivity contribution is 5.94. The quantitative estimate of drug-likeness (QED) is 0.819. The van der Waals surface area contributed by atoms with E-state index in [1.54, 1.807) is 13.3 Å². The fourth-order valence-corrected chi connectivity index (χ4v) is 3.03. The maximum absolute atomic E-state index is 12.4. The Kier molecular flexibility index (Phi) is 3.48. The predicted octanol–water partition coefficient (Wildman–Crippen LogP) is 1.41. The van der Waals surface area contributed by atoms with Crippen molar-refractivity contribution in [3.05, 3.63) is 29.6 Å². The third kappa shape index (κ3) is 2.43. The van der Waals surface area contributed by atoms with Crippen molar-refractivity contribution in [3.63, 3.8) is 0 Å². The van der Waals surface area contributed by atoms with Crippen LogP contribution >= 0.6 is 0 Å². The molecule has 1 spiro atoms. The number of aryl methyl sites for hydroxylation is 1. The molecule has 0 aromatic carbocycles. The van der Waals surface area contributed by atoms with Crippen LogP contribution in [0.1, 0.15) is 28.9 Å². The molecule has 3 heterocycles. The second-order valence-electron chi connectivity index (χ2n) is 5.72. The molecule has 2 aliphatic heterocycles. The van der Waals surface area contributed by atoms with E-state index >= 15 is 0 Å². The molecular formula is C15H20N2O3. The normalized spacial score (nSPS) is 29.3. The smallest absolute Gasteiger partial charge is 0.255 e. The van der Waals surface area contributed by atoms with Crippen LogP contribution in [0, 0.1) is 6.92 Å². The fourth-order valence-electron chi connectivity index (χ4n) is 3.03. The molecule has 1 aromatic rings. The van der Waals surface area contributed by atoms with Gasteiger partial charge in [-0.3, -0.25) is 9.78 Å². The summed E-state index contributed by atoms with van der Waals surface area (Å²) in [6.07, 6.45) is 3.57. The van der Waals surface area contributed by atoms with Gasteiger partial charge in [0, 0.05) is 32.0 Å². The van der Waals surface area contributed by atoms with E-state index in [2.05, 4.69) is 4.98 Å². The fraction of sp³-hybridized carbons (Fsp3) is 0.600. The molecule has 0 bridgehead atoms. The second-order valence-corrected chi connectivity index (χ2v) is 5.72. The first-order chi connectivity index (χ1) is 9.62. The maximum Gasteiger partial charge on any atom is 0.255 e. The highest BCUT2D eigenvalue weighted by Gasteiger charge is 2.46. The second kappa shape index (κ2) is 5.14. The summed E-state index contributed by atoms with van der Waals surface area (Å²) in [5.41, 5.74) is 1.37. The van der Waals surface area contributed by atoms with Gasteiger partial charge >= 0.3 is 0 Å². The number of ether oxygens (including phenoxy) is 2. The molecule has 0 radical (unpaired) electrons. The number of methoxy groups -OCH3 is 1. The molecule has 0 N–H and O–H groups in total. The molecule has 1 amide bonds. The Morgan fingerprint density at radius 3 is 3.05 bits per heavy atom. The molecule has 0 saturated carbocycles. The minimum atomic E-state index is -0.200. The zero-order valence-electron chi connectivity index (χ0n) is 12.0. The molecule has 3 rings (SSSR count). The monoisotopic (exact) mass is 276 g/mol. The zero-order valence-corrected chi connectivity index (χ0v) is 12.0. The van der Waals surface area contributed by atoms with E-state index in [1.807, 2.05) is 24.0 Å². The van der Waals surface area contributed by atoms with Crippen LogP contribution in [0.2, 0.25) is 0 Å². The van der Waals surface area contributed by atoms with E-state index in [0.717, 1.165) is 25.1 Å². The van der Waals surface area contributed by atoms with Gasteiger partial charge in [-0.15, -0.1) is 0 Å². The van der Waals surface area contributed by atoms with Crippen LogP contribution in [0.3, 0.4) is 0 Å². The van der Waals surface area contributed by atoms with E-state index in [-0.39, 0.29) is 17.6 Å². The van der Waals surface area contributed by atoms with Crippen molar-refractivity contribution in [2.24, 2.45) is 0 Å². The lowest BCUT2D eigenvalue weighted by molar-refractivity contribution is 0.00702. The van der Waals surface area contributed by atoms with Gasteiger partial charge in [-0.05, 0) is 25.5 Å². The lowest BCUT2D eigenvalue weighted by Crippen LogP contribution is -2.36. The summed E-state index contributed by atoms with van der Waals surface area (Å²) in [5.74, 6) is 0.0406. The van der Waals surface area contributed by atoms with Crippen molar-refractivity contribution in [3.8, 4) is 0 Å². The molecule has 20 heavy (non-hydrogen) atoms. The van der Waals surface area contributed by atoms with E-state index in [0.29, 0.717) is 18.7 Å². The van der Waals surface area contributed by atoms with Gasteiger partial charge in [0.15, 0.2) is 0 Å². The van der Waals surface area contributed by atoms with Gasteiger partial charge in [0.2, 0.25) is 0 Å². The molecule has 0 aliphatic carbocycles. The number of rotatable bonds is 2. The Bertz CT molecular complexity index is 502.